The highest BCUT2D eigenvalue weighted by atomic mass is 32.1. The number of carbonyl (C=O) groups excluding carboxylic acids is 1. The third kappa shape index (κ3) is 3.46. The number of benzene rings is 1. The van der Waals surface area contributed by atoms with Crippen LogP contribution >= 0.6 is 11.3 Å². The summed E-state index contributed by atoms with van der Waals surface area (Å²) >= 11 is 1.71. The molecule has 0 unspecified atom stereocenters. The normalized spacial score (nSPS) is 11.3. The maximum absolute atomic E-state index is 12.0. The molecule has 120 valence electrons. The minimum absolute atomic E-state index is 0.0362. The number of carbonyl (C=O) groups is 1. The monoisotopic (exact) mass is 327 g/mol. The second-order valence-corrected chi connectivity index (χ2v) is 6.88. The van der Waals surface area contributed by atoms with Gasteiger partial charge in [-0.2, -0.15) is 0 Å². The lowest BCUT2D eigenvalue weighted by Crippen LogP contribution is -2.36. The van der Waals surface area contributed by atoms with Crippen LogP contribution in [0.3, 0.4) is 0 Å². The fraction of sp³-hybridized carbons (Fsp3) is 0.278. The van der Waals surface area contributed by atoms with Crippen molar-refractivity contribution in [3.05, 3.63) is 46.8 Å². The van der Waals surface area contributed by atoms with E-state index in [1.54, 1.807) is 16.3 Å². The van der Waals surface area contributed by atoms with Crippen LogP contribution in [-0.4, -0.2) is 30.0 Å². The summed E-state index contributed by atoms with van der Waals surface area (Å²) in [5.74, 6) is 0.0362. The summed E-state index contributed by atoms with van der Waals surface area (Å²) in [4.78, 5) is 16.7. The zero-order valence-corrected chi connectivity index (χ0v) is 14.5. The molecule has 0 aliphatic carbocycles. The second kappa shape index (κ2) is 6.56. The molecule has 23 heavy (non-hydrogen) atoms. The lowest BCUT2D eigenvalue weighted by atomic mass is 10.0. The molecule has 3 aromatic rings. The van der Waals surface area contributed by atoms with E-state index < -0.39 is 0 Å². The quantitative estimate of drug-likeness (QED) is 0.702. The highest BCUT2D eigenvalue weighted by Gasteiger charge is 2.15. The summed E-state index contributed by atoms with van der Waals surface area (Å²) in [5.41, 5.74) is 7.52. The highest BCUT2D eigenvalue weighted by molar-refractivity contribution is 7.13. The number of rotatable bonds is 5. The first kappa shape index (κ1) is 15.8. The van der Waals surface area contributed by atoms with Gasteiger partial charge in [-0.25, -0.2) is 5.01 Å². The average molecular weight is 327 g/mol. The smallest absolute Gasteiger partial charge is 0.234 e. The van der Waals surface area contributed by atoms with Gasteiger partial charge in [-0.3, -0.25) is 10.2 Å². The van der Waals surface area contributed by atoms with E-state index in [4.69, 9.17) is 0 Å². The van der Waals surface area contributed by atoms with Gasteiger partial charge in [-0.05, 0) is 42.5 Å². The predicted molar refractivity (Wildman–Crippen MR) is 96.5 cm³/mol. The summed E-state index contributed by atoms with van der Waals surface area (Å²) in [6.45, 7) is 2.10. The van der Waals surface area contributed by atoms with Gasteiger partial charge in [0.15, 0.2) is 0 Å². The summed E-state index contributed by atoms with van der Waals surface area (Å²) in [6.07, 6.45) is 1.19. The topological polar surface area (TPSA) is 48.1 Å². The summed E-state index contributed by atoms with van der Waals surface area (Å²) in [5, 5.41) is 4.97. The third-order valence-electron chi connectivity index (χ3n) is 3.78. The van der Waals surface area contributed by atoms with Crippen LogP contribution in [0.4, 0.5) is 0 Å². The van der Waals surface area contributed by atoms with E-state index in [1.165, 1.54) is 21.4 Å². The third-order valence-corrected chi connectivity index (χ3v) is 4.67. The van der Waals surface area contributed by atoms with Crippen LogP contribution in [-0.2, 0) is 11.2 Å². The Morgan fingerprint density at radius 1 is 1.30 bits per heavy atom. The van der Waals surface area contributed by atoms with Gasteiger partial charge in [-0.1, -0.05) is 17.7 Å². The van der Waals surface area contributed by atoms with E-state index in [1.807, 2.05) is 14.1 Å². The molecule has 0 spiro atoms. The number of H-pyrrole nitrogens is 1. The van der Waals surface area contributed by atoms with E-state index in [2.05, 4.69) is 53.0 Å². The van der Waals surface area contributed by atoms with E-state index in [9.17, 15) is 4.79 Å². The minimum Gasteiger partial charge on any atom is -0.354 e. The first-order chi connectivity index (χ1) is 11.0. The summed E-state index contributed by atoms with van der Waals surface area (Å²) in [6, 6.07) is 10.6. The molecule has 0 fully saturated rings. The fourth-order valence-corrected chi connectivity index (χ4v) is 3.55. The van der Waals surface area contributed by atoms with Crippen LogP contribution in [0.25, 0.3) is 21.5 Å². The van der Waals surface area contributed by atoms with Crippen LogP contribution in [0, 0.1) is 6.92 Å². The second-order valence-electron chi connectivity index (χ2n) is 5.93. The molecule has 2 heterocycles. The Balaban J connectivity index is 1.97. The van der Waals surface area contributed by atoms with Crippen LogP contribution in [0.15, 0.2) is 35.7 Å². The molecule has 0 aliphatic heterocycles. The Bertz CT molecular complexity index is 818. The van der Waals surface area contributed by atoms with E-state index in [0.717, 1.165) is 17.6 Å². The lowest BCUT2D eigenvalue weighted by Gasteiger charge is -2.11. The highest BCUT2D eigenvalue weighted by Crippen LogP contribution is 2.34. The van der Waals surface area contributed by atoms with Crippen LogP contribution in [0.1, 0.15) is 17.5 Å². The zero-order chi connectivity index (χ0) is 16.4. The van der Waals surface area contributed by atoms with Gasteiger partial charge in [0.2, 0.25) is 5.91 Å². The molecule has 0 atom stereocenters. The van der Waals surface area contributed by atoms with Crippen molar-refractivity contribution in [2.24, 2.45) is 0 Å². The molecule has 0 saturated heterocycles. The molecule has 2 N–H and O–H groups in total. The van der Waals surface area contributed by atoms with Crippen molar-refractivity contribution in [1.82, 2.24) is 15.4 Å². The van der Waals surface area contributed by atoms with Crippen molar-refractivity contribution in [2.75, 3.05) is 14.1 Å². The van der Waals surface area contributed by atoms with Crippen LogP contribution in [0.2, 0.25) is 0 Å². The number of nitrogens with zero attached hydrogens (tertiary/aromatic N) is 1. The molecule has 4 nitrogen and oxygen atoms in total. The molecular formula is C18H21N3OS. The van der Waals surface area contributed by atoms with E-state index >= 15 is 0 Å². The summed E-state index contributed by atoms with van der Waals surface area (Å²) < 4.78 is 0. The standard InChI is InChI=1S/C18H21N3OS/c1-12-6-8-15-14(11-12)13(7-9-17(22)20-21(2)3)18(19-15)16-5-4-10-23-16/h4-6,8,10-11,19H,7,9H2,1-3H3,(H,20,22). The van der Waals surface area contributed by atoms with Crippen LogP contribution in [0.5, 0.6) is 0 Å². The SMILES string of the molecule is Cc1ccc2[nH]c(-c3cccs3)c(CCC(=O)NN(C)C)c2c1. The maximum Gasteiger partial charge on any atom is 0.234 e. The number of nitrogens with one attached hydrogen (secondary N) is 2. The molecule has 0 saturated carbocycles. The molecule has 1 amide bonds. The zero-order valence-electron chi connectivity index (χ0n) is 13.6. The molecule has 3 rings (SSSR count). The Morgan fingerprint density at radius 3 is 2.83 bits per heavy atom. The van der Waals surface area contributed by atoms with Gasteiger partial charge in [0, 0.05) is 31.4 Å². The average Bonchev–Trinajstić information content (AvgIpc) is 3.11. The Labute approximate surface area is 140 Å². The number of hydrogen-bond acceptors (Lipinski definition) is 3. The van der Waals surface area contributed by atoms with Crippen molar-refractivity contribution in [2.45, 2.75) is 19.8 Å². The molecule has 2 aromatic heterocycles. The first-order valence-electron chi connectivity index (χ1n) is 7.66. The van der Waals surface area contributed by atoms with Crippen LogP contribution < -0.4 is 5.43 Å². The lowest BCUT2D eigenvalue weighted by molar-refractivity contribution is -0.124. The number of aryl methyl sites for hydroxylation is 2. The molecule has 5 heteroatoms. The summed E-state index contributed by atoms with van der Waals surface area (Å²) in [7, 11) is 3.65. The molecular weight excluding hydrogens is 306 g/mol. The molecule has 0 bridgehead atoms. The fourth-order valence-electron chi connectivity index (χ4n) is 2.80. The van der Waals surface area contributed by atoms with E-state index in [0.29, 0.717) is 6.42 Å². The number of fused-ring (bicyclic) bond motifs is 1. The number of aromatic nitrogens is 1. The van der Waals surface area contributed by atoms with E-state index in [-0.39, 0.29) is 5.91 Å². The van der Waals surface area contributed by atoms with Gasteiger partial charge in [0.25, 0.3) is 0 Å². The number of aromatic amines is 1. The number of amides is 1. The first-order valence-corrected chi connectivity index (χ1v) is 8.54. The Kier molecular flexibility index (Phi) is 4.50. The minimum atomic E-state index is 0.0362. The van der Waals surface area contributed by atoms with Gasteiger partial charge in [-0.15, -0.1) is 11.3 Å². The Hall–Kier alpha value is -2.11. The van der Waals surface area contributed by atoms with Crippen molar-refractivity contribution < 1.29 is 4.79 Å². The Morgan fingerprint density at radius 2 is 2.13 bits per heavy atom. The van der Waals surface area contributed by atoms with Crippen molar-refractivity contribution in [3.8, 4) is 10.6 Å². The largest absolute Gasteiger partial charge is 0.354 e. The van der Waals surface area contributed by atoms with Gasteiger partial charge in [0.1, 0.15) is 0 Å². The maximum atomic E-state index is 12.0. The molecule has 0 radical (unpaired) electrons. The van der Waals surface area contributed by atoms with Crippen molar-refractivity contribution in [3.63, 3.8) is 0 Å². The van der Waals surface area contributed by atoms with Gasteiger partial charge >= 0.3 is 0 Å². The van der Waals surface area contributed by atoms with Gasteiger partial charge < -0.3 is 4.98 Å². The molecule has 0 aliphatic rings. The van der Waals surface area contributed by atoms with Crippen molar-refractivity contribution >= 4 is 28.1 Å². The molecule has 1 aromatic carbocycles. The van der Waals surface area contributed by atoms with Crippen molar-refractivity contribution in [1.29, 1.82) is 0 Å². The number of thiophene rings is 1. The van der Waals surface area contributed by atoms with Gasteiger partial charge in [0.05, 0.1) is 10.6 Å². The number of hydrogen-bond donors (Lipinski definition) is 2. The number of hydrazine groups is 1. The predicted octanol–water partition coefficient (Wildman–Crippen LogP) is 3.73.